The van der Waals surface area contributed by atoms with Crippen molar-refractivity contribution in [1.29, 1.82) is 0 Å². The summed E-state index contributed by atoms with van der Waals surface area (Å²) < 4.78 is 6.70. The van der Waals surface area contributed by atoms with Gasteiger partial charge in [-0.15, -0.1) is 0 Å². The summed E-state index contributed by atoms with van der Waals surface area (Å²) in [6.07, 6.45) is 6.79. The Balaban J connectivity index is 1.63. The Morgan fingerprint density at radius 1 is 1.23 bits per heavy atom. The highest BCUT2D eigenvalue weighted by Gasteiger charge is 2.17. The number of carbonyl (C=O) groups excluding carboxylic acids is 1. The minimum absolute atomic E-state index is 0.361. The number of pyridine rings is 1. The SMILES string of the molecule is O=Cc1ncc(Br)cc1OCC1CCc2ccccc2CC1. The van der Waals surface area contributed by atoms with Crippen LogP contribution >= 0.6 is 15.9 Å². The second kappa shape index (κ2) is 7.05. The summed E-state index contributed by atoms with van der Waals surface area (Å²) in [6.45, 7) is 0.632. The molecule has 0 aliphatic heterocycles. The summed E-state index contributed by atoms with van der Waals surface area (Å²) in [5.74, 6) is 1.07. The van der Waals surface area contributed by atoms with Crippen molar-refractivity contribution >= 4 is 22.2 Å². The van der Waals surface area contributed by atoms with Gasteiger partial charge in [-0.05, 0) is 64.7 Å². The first kappa shape index (κ1) is 15.2. The van der Waals surface area contributed by atoms with Crippen LogP contribution in [0.4, 0.5) is 0 Å². The lowest BCUT2D eigenvalue weighted by molar-refractivity contribution is 0.111. The molecule has 3 nitrogen and oxygen atoms in total. The normalized spacial score (nSPS) is 15.0. The van der Waals surface area contributed by atoms with E-state index >= 15 is 0 Å². The standard InChI is InChI=1S/C18H18BrNO2/c19-16-9-18(17(11-21)20-10-16)22-12-13-5-7-14-3-1-2-4-15(14)8-6-13/h1-4,9-11,13H,5-8,12H2. The molecule has 114 valence electrons. The molecule has 2 aromatic rings. The Morgan fingerprint density at radius 3 is 2.55 bits per heavy atom. The molecule has 0 saturated carbocycles. The van der Waals surface area contributed by atoms with Crippen LogP contribution < -0.4 is 4.74 Å². The number of hydrogen-bond donors (Lipinski definition) is 0. The number of carbonyl (C=O) groups is 1. The van der Waals surface area contributed by atoms with Crippen molar-refractivity contribution in [3.63, 3.8) is 0 Å². The van der Waals surface area contributed by atoms with Crippen LogP contribution in [0.15, 0.2) is 41.0 Å². The van der Waals surface area contributed by atoms with E-state index in [9.17, 15) is 4.79 Å². The molecule has 0 radical (unpaired) electrons. The van der Waals surface area contributed by atoms with Gasteiger partial charge in [0.1, 0.15) is 11.4 Å². The van der Waals surface area contributed by atoms with Crippen LogP contribution in [0, 0.1) is 5.92 Å². The average molecular weight is 360 g/mol. The van der Waals surface area contributed by atoms with Gasteiger partial charge in [0.25, 0.3) is 0 Å². The molecule has 1 aromatic heterocycles. The molecule has 0 unspecified atom stereocenters. The summed E-state index contributed by atoms with van der Waals surface area (Å²) in [7, 11) is 0. The first-order chi connectivity index (χ1) is 10.8. The number of hydrogen-bond acceptors (Lipinski definition) is 3. The fourth-order valence-corrected chi connectivity index (χ4v) is 3.23. The van der Waals surface area contributed by atoms with Gasteiger partial charge in [-0.3, -0.25) is 4.79 Å². The van der Waals surface area contributed by atoms with Gasteiger partial charge in [-0.2, -0.15) is 0 Å². The fourth-order valence-electron chi connectivity index (χ4n) is 2.92. The Labute approximate surface area is 138 Å². The van der Waals surface area contributed by atoms with E-state index in [1.807, 2.05) is 6.07 Å². The first-order valence-electron chi connectivity index (χ1n) is 7.56. The summed E-state index contributed by atoms with van der Waals surface area (Å²) >= 11 is 3.37. The van der Waals surface area contributed by atoms with E-state index < -0.39 is 0 Å². The summed E-state index contributed by atoms with van der Waals surface area (Å²) in [5.41, 5.74) is 3.28. The molecule has 0 bridgehead atoms. The van der Waals surface area contributed by atoms with Crippen LogP contribution in [0.25, 0.3) is 0 Å². The van der Waals surface area contributed by atoms with Crippen LogP contribution in [0.3, 0.4) is 0 Å². The lowest BCUT2D eigenvalue weighted by Gasteiger charge is -2.16. The number of halogens is 1. The van der Waals surface area contributed by atoms with Crippen LogP contribution in [-0.2, 0) is 12.8 Å². The summed E-state index contributed by atoms with van der Waals surface area (Å²) in [4.78, 5) is 15.1. The summed E-state index contributed by atoms with van der Waals surface area (Å²) in [6, 6.07) is 10.5. The van der Waals surface area contributed by atoms with Gasteiger partial charge in [0.05, 0.1) is 6.61 Å². The molecule has 1 aromatic carbocycles. The van der Waals surface area contributed by atoms with Crippen LogP contribution in [0.2, 0.25) is 0 Å². The first-order valence-corrected chi connectivity index (χ1v) is 8.36. The number of nitrogens with zero attached hydrogens (tertiary/aromatic N) is 1. The molecule has 1 aliphatic rings. The number of ether oxygens (including phenoxy) is 1. The Bertz CT molecular complexity index is 645. The molecule has 3 rings (SSSR count). The summed E-state index contributed by atoms with van der Waals surface area (Å²) in [5, 5.41) is 0. The number of aromatic nitrogens is 1. The number of aryl methyl sites for hydroxylation is 2. The minimum atomic E-state index is 0.361. The van der Waals surface area contributed by atoms with Gasteiger partial charge >= 0.3 is 0 Å². The van der Waals surface area contributed by atoms with Gasteiger partial charge in [-0.25, -0.2) is 4.98 Å². The van der Waals surface area contributed by atoms with E-state index in [-0.39, 0.29) is 0 Å². The zero-order valence-corrected chi connectivity index (χ0v) is 13.9. The Hall–Kier alpha value is -1.68. The molecule has 22 heavy (non-hydrogen) atoms. The van der Waals surface area contributed by atoms with E-state index in [1.165, 1.54) is 11.1 Å². The zero-order chi connectivity index (χ0) is 15.4. The maximum Gasteiger partial charge on any atom is 0.172 e. The van der Waals surface area contributed by atoms with Gasteiger partial charge in [0.15, 0.2) is 6.29 Å². The zero-order valence-electron chi connectivity index (χ0n) is 12.3. The van der Waals surface area contributed by atoms with Gasteiger partial charge in [-0.1, -0.05) is 24.3 Å². The highest BCUT2D eigenvalue weighted by atomic mass is 79.9. The molecule has 4 heteroatoms. The highest BCUT2D eigenvalue weighted by Crippen LogP contribution is 2.26. The maximum absolute atomic E-state index is 11.0. The van der Waals surface area contributed by atoms with Crippen molar-refractivity contribution in [1.82, 2.24) is 4.98 Å². The van der Waals surface area contributed by atoms with E-state index in [0.29, 0.717) is 24.0 Å². The van der Waals surface area contributed by atoms with Gasteiger partial charge in [0.2, 0.25) is 0 Å². The van der Waals surface area contributed by atoms with Crippen molar-refractivity contribution in [2.75, 3.05) is 6.61 Å². The minimum Gasteiger partial charge on any atom is -0.491 e. The molecule has 0 fully saturated rings. The lowest BCUT2D eigenvalue weighted by Crippen LogP contribution is -2.13. The van der Waals surface area contributed by atoms with Crippen molar-refractivity contribution in [2.45, 2.75) is 25.7 Å². The van der Waals surface area contributed by atoms with Crippen LogP contribution in [-0.4, -0.2) is 17.9 Å². The number of aldehydes is 1. The fraction of sp³-hybridized carbons (Fsp3) is 0.333. The monoisotopic (exact) mass is 359 g/mol. The van der Waals surface area contributed by atoms with Crippen LogP contribution in [0.5, 0.6) is 5.75 Å². The quantitative estimate of drug-likeness (QED) is 0.605. The highest BCUT2D eigenvalue weighted by molar-refractivity contribution is 9.10. The van der Waals surface area contributed by atoms with E-state index in [4.69, 9.17) is 4.74 Å². The molecule has 0 amide bonds. The molecular formula is C18H18BrNO2. The second-order valence-electron chi connectivity index (χ2n) is 5.68. The molecule has 0 saturated heterocycles. The van der Waals surface area contributed by atoms with Crippen molar-refractivity contribution in [2.24, 2.45) is 5.92 Å². The third-order valence-corrected chi connectivity index (χ3v) is 4.63. The number of benzene rings is 1. The van der Waals surface area contributed by atoms with E-state index in [2.05, 4.69) is 45.2 Å². The molecule has 1 heterocycles. The smallest absolute Gasteiger partial charge is 0.172 e. The van der Waals surface area contributed by atoms with E-state index in [1.54, 1.807) is 6.20 Å². The Kier molecular flexibility index (Phi) is 4.88. The molecular weight excluding hydrogens is 342 g/mol. The molecule has 1 aliphatic carbocycles. The predicted octanol–water partition coefficient (Wildman–Crippen LogP) is 4.23. The number of fused-ring (bicyclic) bond motifs is 1. The van der Waals surface area contributed by atoms with Crippen LogP contribution in [0.1, 0.15) is 34.5 Å². The largest absolute Gasteiger partial charge is 0.491 e. The molecule has 0 N–H and O–H groups in total. The van der Waals surface area contributed by atoms with Gasteiger partial charge in [0, 0.05) is 10.7 Å². The second-order valence-corrected chi connectivity index (χ2v) is 6.59. The maximum atomic E-state index is 11.0. The van der Waals surface area contributed by atoms with Crippen molar-refractivity contribution < 1.29 is 9.53 Å². The number of rotatable bonds is 4. The topological polar surface area (TPSA) is 39.2 Å². The average Bonchev–Trinajstić information content (AvgIpc) is 2.75. The third kappa shape index (κ3) is 3.55. The third-order valence-electron chi connectivity index (χ3n) is 4.20. The molecule has 0 atom stereocenters. The lowest BCUT2D eigenvalue weighted by atomic mass is 10.0. The van der Waals surface area contributed by atoms with Crippen molar-refractivity contribution in [3.05, 3.63) is 57.8 Å². The molecule has 0 spiro atoms. The van der Waals surface area contributed by atoms with E-state index in [0.717, 1.165) is 36.4 Å². The predicted molar refractivity (Wildman–Crippen MR) is 89.4 cm³/mol. The Morgan fingerprint density at radius 2 is 1.91 bits per heavy atom. The van der Waals surface area contributed by atoms with Crippen molar-refractivity contribution in [3.8, 4) is 5.75 Å². The van der Waals surface area contributed by atoms with Gasteiger partial charge < -0.3 is 4.74 Å².